The zero-order chi connectivity index (χ0) is 21.0. The Balaban J connectivity index is 1.62. The topological polar surface area (TPSA) is 83.2 Å². The molecule has 150 valence electrons. The Morgan fingerprint density at radius 3 is 2.17 bits per heavy atom. The summed E-state index contributed by atoms with van der Waals surface area (Å²) in [5.41, 5.74) is -0.967. The molecule has 10 heteroatoms. The van der Waals surface area contributed by atoms with E-state index in [-0.39, 0.29) is 11.2 Å². The summed E-state index contributed by atoms with van der Waals surface area (Å²) in [5.74, 6) is 0.877. The van der Waals surface area contributed by atoms with Gasteiger partial charge < -0.3 is 20.4 Å². The van der Waals surface area contributed by atoms with Gasteiger partial charge in [-0.25, -0.2) is 4.79 Å². The highest BCUT2D eigenvalue weighted by atomic mass is 35.5. The Hall–Kier alpha value is -3.46. The first-order valence-electron chi connectivity index (χ1n) is 8.12. The first-order chi connectivity index (χ1) is 13.7. The van der Waals surface area contributed by atoms with Gasteiger partial charge in [-0.05, 0) is 48.5 Å². The van der Waals surface area contributed by atoms with Gasteiger partial charge in [0.1, 0.15) is 11.5 Å². The van der Waals surface area contributed by atoms with Gasteiger partial charge in [-0.2, -0.15) is 13.2 Å². The number of rotatable bonds is 4. The molecule has 0 fully saturated rings. The number of nitrogens with one attached hydrogen (secondary N) is 3. The van der Waals surface area contributed by atoms with Gasteiger partial charge in [0.15, 0.2) is 0 Å². The number of carbonyl (C=O) groups is 1. The van der Waals surface area contributed by atoms with Gasteiger partial charge in [0.25, 0.3) is 0 Å². The van der Waals surface area contributed by atoms with Crippen LogP contribution in [-0.4, -0.2) is 11.0 Å². The van der Waals surface area contributed by atoms with E-state index in [1.165, 1.54) is 24.4 Å². The lowest BCUT2D eigenvalue weighted by molar-refractivity contribution is -0.137. The number of aromatic nitrogens is 1. The number of urea groups is 1. The van der Waals surface area contributed by atoms with E-state index in [4.69, 9.17) is 16.3 Å². The molecule has 29 heavy (non-hydrogen) atoms. The number of H-pyrrole nitrogens is 1. The summed E-state index contributed by atoms with van der Waals surface area (Å²) in [7, 11) is 0. The second-order valence-corrected chi connectivity index (χ2v) is 6.19. The summed E-state index contributed by atoms with van der Waals surface area (Å²) in [6.07, 6.45) is -3.23. The summed E-state index contributed by atoms with van der Waals surface area (Å²) in [4.78, 5) is 25.5. The van der Waals surface area contributed by atoms with Crippen LogP contribution in [0.1, 0.15) is 5.56 Å². The number of hydrogen-bond acceptors (Lipinski definition) is 3. The second kappa shape index (κ2) is 8.27. The van der Waals surface area contributed by atoms with Crippen LogP contribution in [0.15, 0.2) is 65.6 Å². The van der Waals surface area contributed by atoms with E-state index in [2.05, 4.69) is 15.6 Å². The molecule has 3 aromatic rings. The standard InChI is InChI=1S/C19H13ClF3N3O3/c20-16-7-3-12(9-15(16)19(21,22)23)26-18(28)25-11-1-4-13(5-2-11)29-14-6-8-17(27)24-10-14/h1-10H,(H,24,27)(H2,25,26,28). The SMILES string of the molecule is O=C(Nc1ccc(Oc2ccc(=O)[nH]c2)cc1)Nc1ccc(Cl)c(C(F)(F)F)c1. The van der Waals surface area contributed by atoms with Crippen LogP contribution in [-0.2, 0) is 6.18 Å². The highest BCUT2D eigenvalue weighted by Crippen LogP contribution is 2.36. The number of hydrogen-bond donors (Lipinski definition) is 3. The minimum atomic E-state index is -4.63. The van der Waals surface area contributed by atoms with Crippen molar-refractivity contribution in [3.8, 4) is 11.5 Å². The molecule has 2 aromatic carbocycles. The van der Waals surface area contributed by atoms with Crippen molar-refractivity contribution in [1.29, 1.82) is 0 Å². The first kappa shape index (κ1) is 20.3. The molecule has 0 saturated heterocycles. The van der Waals surface area contributed by atoms with Crippen molar-refractivity contribution in [3.63, 3.8) is 0 Å². The predicted molar refractivity (Wildman–Crippen MR) is 103 cm³/mol. The van der Waals surface area contributed by atoms with Crippen LogP contribution in [0.5, 0.6) is 11.5 Å². The maximum Gasteiger partial charge on any atom is 0.417 e. The van der Waals surface area contributed by atoms with Crippen LogP contribution in [0.2, 0.25) is 5.02 Å². The molecule has 0 bridgehead atoms. The van der Waals surface area contributed by atoms with Gasteiger partial charge in [-0.15, -0.1) is 0 Å². The maximum absolute atomic E-state index is 12.9. The predicted octanol–water partition coefficient (Wildman–Crippen LogP) is 5.48. The molecule has 1 aromatic heterocycles. The van der Waals surface area contributed by atoms with E-state index >= 15 is 0 Å². The van der Waals surface area contributed by atoms with Crippen molar-refractivity contribution in [2.75, 3.05) is 10.6 Å². The van der Waals surface area contributed by atoms with Crippen molar-refractivity contribution in [2.45, 2.75) is 6.18 Å². The van der Waals surface area contributed by atoms with Crippen LogP contribution < -0.4 is 20.9 Å². The molecule has 0 aliphatic carbocycles. The highest BCUT2D eigenvalue weighted by Gasteiger charge is 2.33. The molecule has 3 rings (SSSR count). The van der Waals surface area contributed by atoms with E-state index in [1.807, 2.05) is 0 Å². The number of halogens is 4. The normalized spacial score (nSPS) is 11.0. The second-order valence-electron chi connectivity index (χ2n) is 5.79. The summed E-state index contributed by atoms with van der Waals surface area (Å²) in [6.45, 7) is 0. The third-order valence-electron chi connectivity index (χ3n) is 3.63. The monoisotopic (exact) mass is 423 g/mol. The lowest BCUT2D eigenvalue weighted by atomic mass is 10.2. The number of alkyl halides is 3. The van der Waals surface area contributed by atoms with Crippen LogP contribution in [0.4, 0.5) is 29.3 Å². The molecule has 1 heterocycles. The molecule has 3 N–H and O–H groups in total. The van der Waals surface area contributed by atoms with Crippen molar-refractivity contribution < 1.29 is 22.7 Å². The zero-order valence-electron chi connectivity index (χ0n) is 14.5. The molecule has 0 spiro atoms. The smallest absolute Gasteiger partial charge is 0.417 e. The average molecular weight is 424 g/mol. The van der Waals surface area contributed by atoms with Crippen LogP contribution >= 0.6 is 11.6 Å². The fourth-order valence-corrected chi connectivity index (χ4v) is 2.54. The lowest BCUT2D eigenvalue weighted by Gasteiger charge is -2.12. The van der Waals surface area contributed by atoms with Crippen molar-refractivity contribution in [3.05, 3.63) is 81.7 Å². The number of benzene rings is 2. The number of carbonyl (C=O) groups excluding carboxylic acids is 1. The average Bonchev–Trinajstić information content (AvgIpc) is 2.66. The van der Waals surface area contributed by atoms with E-state index < -0.39 is 22.8 Å². The minimum absolute atomic E-state index is 0.0581. The Kier molecular flexibility index (Phi) is 5.79. The van der Waals surface area contributed by atoms with Crippen molar-refractivity contribution in [2.24, 2.45) is 0 Å². The van der Waals surface area contributed by atoms with Crippen molar-refractivity contribution >= 4 is 29.0 Å². The lowest BCUT2D eigenvalue weighted by Crippen LogP contribution is -2.19. The fourth-order valence-electron chi connectivity index (χ4n) is 2.32. The maximum atomic E-state index is 12.9. The molecule has 0 unspecified atom stereocenters. The third-order valence-corrected chi connectivity index (χ3v) is 3.96. The molecule has 0 aliphatic rings. The molecule has 0 saturated carbocycles. The largest absolute Gasteiger partial charge is 0.456 e. The molecular formula is C19H13ClF3N3O3. The van der Waals surface area contributed by atoms with E-state index in [0.29, 0.717) is 17.2 Å². The number of aromatic amines is 1. The van der Waals surface area contributed by atoms with Crippen LogP contribution in [0, 0.1) is 0 Å². The summed E-state index contributed by atoms with van der Waals surface area (Å²) in [6, 6.07) is 11.4. The van der Waals surface area contributed by atoms with Gasteiger partial charge in [-0.1, -0.05) is 11.6 Å². The molecule has 0 atom stereocenters. The molecule has 0 radical (unpaired) electrons. The number of anilines is 2. The fraction of sp³-hybridized carbons (Fsp3) is 0.0526. The summed E-state index contributed by atoms with van der Waals surface area (Å²) in [5, 5.41) is 4.35. The molecule has 6 nitrogen and oxygen atoms in total. The van der Waals surface area contributed by atoms with Gasteiger partial charge in [0, 0.05) is 23.6 Å². The highest BCUT2D eigenvalue weighted by molar-refractivity contribution is 6.31. The van der Waals surface area contributed by atoms with Gasteiger partial charge in [0.05, 0.1) is 10.6 Å². The van der Waals surface area contributed by atoms with Gasteiger partial charge in [-0.3, -0.25) is 4.79 Å². The van der Waals surface area contributed by atoms with Gasteiger partial charge >= 0.3 is 12.2 Å². The number of amides is 2. The van der Waals surface area contributed by atoms with E-state index in [9.17, 15) is 22.8 Å². The third kappa shape index (κ3) is 5.52. The Morgan fingerprint density at radius 1 is 0.931 bits per heavy atom. The first-order valence-corrected chi connectivity index (χ1v) is 8.50. The zero-order valence-corrected chi connectivity index (χ0v) is 15.3. The molecular weight excluding hydrogens is 411 g/mol. The minimum Gasteiger partial charge on any atom is -0.456 e. The number of ether oxygens (including phenoxy) is 1. The molecule has 0 aliphatic heterocycles. The quantitative estimate of drug-likeness (QED) is 0.519. The van der Waals surface area contributed by atoms with Crippen LogP contribution in [0.25, 0.3) is 0 Å². The van der Waals surface area contributed by atoms with Crippen molar-refractivity contribution in [1.82, 2.24) is 4.98 Å². The van der Waals surface area contributed by atoms with E-state index in [0.717, 1.165) is 12.1 Å². The Bertz CT molecular complexity index is 1060. The van der Waals surface area contributed by atoms with Gasteiger partial charge in [0.2, 0.25) is 5.56 Å². The van der Waals surface area contributed by atoms with E-state index in [1.54, 1.807) is 24.3 Å². The molecule has 2 amide bonds. The summed E-state index contributed by atoms with van der Waals surface area (Å²) < 4.78 is 44.2. The number of pyridine rings is 1. The Morgan fingerprint density at radius 2 is 1.55 bits per heavy atom. The van der Waals surface area contributed by atoms with Crippen LogP contribution in [0.3, 0.4) is 0 Å². The Labute approximate surface area is 167 Å². The summed E-state index contributed by atoms with van der Waals surface area (Å²) >= 11 is 5.55.